The lowest BCUT2D eigenvalue weighted by atomic mass is 10.0. The smallest absolute Gasteiger partial charge is 0.174 e. The maximum absolute atomic E-state index is 10.5. The zero-order valence-corrected chi connectivity index (χ0v) is 15.2. The number of hydrogen-bond acceptors (Lipinski definition) is 7. The van der Waals surface area contributed by atoms with E-state index >= 15 is 0 Å². The summed E-state index contributed by atoms with van der Waals surface area (Å²) in [6.07, 6.45) is 4.79. The van der Waals surface area contributed by atoms with Gasteiger partial charge in [-0.3, -0.25) is 0 Å². The minimum absolute atomic E-state index is 0.393. The second-order valence-corrected chi connectivity index (χ2v) is 6.99. The average molecular weight is 373 g/mol. The van der Waals surface area contributed by atoms with Crippen molar-refractivity contribution in [2.24, 2.45) is 0 Å². The highest BCUT2D eigenvalue weighted by molar-refractivity contribution is 7.09. The molecule has 6 nitrogen and oxygen atoms in total. The molecule has 0 fully saturated rings. The van der Waals surface area contributed by atoms with E-state index in [1.807, 2.05) is 35.7 Å². The SMILES string of the molecule is C[C@@](O)(C#Cc1cccc(-c2cnc3ncnc(N)c3c2)c1)c1nccs1. The summed E-state index contributed by atoms with van der Waals surface area (Å²) >= 11 is 1.37. The van der Waals surface area contributed by atoms with Crippen LogP contribution in [0.15, 0.2) is 54.4 Å². The van der Waals surface area contributed by atoms with Crippen LogP contribution in [0, 0.1) is 11.8 Å². The molecule has 0 amide bonds. The standard InChI is InChI=1S/C20H15N5OS/c1-20(26,19-22-7-8-27-19)6-5-13-3-2-4-14(9-13)15-10-16-17(21)24-12-25-18(16)23-11-15/h2-4,7-12,26H,1H3,(H2,21,23,24,25)/t20-/m1/s1. The fraction of sp³-hybridized carbons (Fsp3) is 0.100. The van der Waals surface area contributed by atoms with E-state index in [0.717, 1.165) is 16.7 Å². The van der Waals surface area contributed by atoms with Gasteiger partial charge in [0.1, 0.15) is 17.2 Å². The van der Waals surface area contributed by atoms with Crippen molar-refractivity contribution >= 4 is 28.2 Å². The monoisotopic (exact) mass is 373 g/mol. The second-order valence-electron chi connectivity index (χ2n) is 6.09. The predicted octanol–water partition coefficient (Wildman–Crippen LogP) is 2.99. The lowest BCUT2D eigenvalue weighted by Crippen LogP contribution is -2.17. The lowest BCUT2D eigenvalue weighted by Gasteiger charge is -2.12. The Kier molecular flexibility index (Phi) is 4.28. The van der Waals surface area contributed by atoms with Crippen molar-refractivity contribution in [1.29, 1.82) is 0 Å². The third-order valence-electron chi connectivity index (χ3n) is 4.01. The first kappa shape index (κ1) is 17.1. The van der Waals surface area contributed by atoms with E-state index in [9.17, 15) is 5.11 Å². The third kappa shape index (κ3) is 3.49. The first-order chi connectivity index (χ1) is 13.0. The van der Waals surface area contributed by atoms with Crippen LogP contribution in [0.2, 0.25) is 0 Å². The summed E-state index contributed by atoms with van der Waals surface area (Å²) in [5, 5.41) is 13.6. The number of thiazole rings is 1. The number of pyridine rings is 1. The number of nitrogens with two attached hydrogens (primary N) is 1. The van der Waals surface area contributed by atoms with Crippen LogP contribution in [-0.2, 0) is 5.60 Å². The van der Waals surface area contributed by atoms with Crippen molar-refractivity contribution in [1.82, 2.24) is 19.9 Å². The average Bonchev–Trinajstić information content (AvgIpc) is 3.23. The van der Waals surface area contributed by atoms with Crippen molar-refractivity contribution in [2.45, 2.75) is 12.5 Å². The van der Waals surface area contributed by atoms with Gasteiger partial charge in [-0.25, -0.2) is 19.9 Å². The molecular weight excluding hydrogens is 358 g/mol. The number of aromatic nitrogens is 4. The van der Waals surface area contributed by atoms with Gasteiger partial charge in [-0.15, -0.1) is 11.3 Å². The van der Waals surface area contributed by atoms with Gasteiger partial charge >= 0.3 is 0 Å². The van der Waals surface area contributed by atoms with Crippen LogP contribution in [0.1, 0.15) is 17.5 Å². The van der Waals surface area contributed by atoms with Crippen LogP contribution in [0.25, 0.3) is 22.2 Å². The minimum atomic E-state index is -1.29. The summed E-state index contributed by atoms with van der Waals surface area (Å²) in [5.41, 5.74) is 7.80. The maximum Gasteiger partial charge on any atom is 0.174 e. The summed E-state index contributed by atoms with van der Waals surface area (Å²) in [6, 6.07) is 9.61. The molecule has 0 saturated carbocycles. The van der Waals surface area contributed by atoms with Crippen LogP contribution in [-0.4, -0.2) is 25.0 Å². The molecule has 4 aromatic rings. The molecule has 3 aromatic heterocycles. The minimum Gasteiger partial charge on any atom is -0.383 e. The molecule has 3 heterocycles. The van der Waals surface area contributed by atoms with Crippen molar-refractivity contribution in [3.05, 3.63) is 65.0 Å². The lowest BCUT2D eigenvalue weighted by molar-refractivity contribution is 0.122. The van der Waals surface area contributed by atoms with Crippen molar-refractivity contribution < 1.29 is 5.11 Å². The summed E-state index contributed by atoms with van der Waals surface area (Å²) in [6.45, 7) is 1.64. The number of fused-ring (bicyclic) bond motifs is 1. The van der Waals surface area contributed by atoms with Crippen LogP contribution < -0.4 is 5.73 Å². The van der Waals surface area contributed by atoms with Gasteiger partial charge in [0.05, 0.1) is 5.39 Å². The Morgan fingerprint density at radius 2 is 2.00 bits per heavy atom. The first-order valence-corrected chi connectivity index (χ1v) is 9.03. The molecule has 4 rings (SSSR count). The zero-order valence-electron chi connectivity index (χ0n) is 14.4. The summed E-state index contributed by atoms with van der Waals surface area (Å²) in [7, 11) is 0. The first-order valence-electron chi connectivity index (χ1n) is 8.15. The number of aliphatic hydroxyl groups is 1. The van der Waals surface area contributed by atoms with Gasteiger partial charge in [-0.05, 0) is 30.7 Å². The van der Waals surface area contributed by atoms with Crippen LogP contribution >= 0.6 is 11.3 Å². The maximum atomic E-state index is 10.5. The third-order valence-corrected chi connectivity index (χ3v) is 5.00. The van der Waals surface area contributed by atoms with E-state index in [4.69, 9.17) is 5.73 Å². The van der Waals surface area contributed by atoms with Crippen molar-refractivity contribution in [3.63, 3.8) is 0 Å². The Labute approximate surface area is 159 Å². The predicted molar refractivity (Wildman–Crippen MR) is 106 cm³/mol. The Hall–Kier alpha value is -3.34. The van der Waals surface area contributed by atoms with E-state index in [1.54, 1.807) is 19.3 Å². The Bertz CT molecular complexity index is 1180. The Balaban J connectivity index is 1.70. The molecular formula is C20H15N5OS. The van der Waals surface area contributed by atoms with Crippen molar-refractivity contribution in [3.8, 4) is 23.0 Å². The highest BCUT2D eigenvalue weighted by Gasteiger charge is 2.22. The van der Waals surface area contributed by atoms with E-state index in [-0.39, 0.29) is 0 Å². The molecule has 0 aliphatic rings. The van der Waals surface area contributed by atoms with E-state index < -0.39 is 5.60 Å². The fourth-order valence-electron chi connectivity index (χ4n) is 2.61. The summed E-state index contributed by atoms with van der Waals surface area (Å²) in [5.74, 6) is 6.32. The van der Waals surface area contributed by atoms with Crippen LogP contribution in [0.3, 0.4) is 0 Å². The Morgan fingerprint density at radius 3 is 2.81 bits per heavy atom. The molecule has 7 heteroatoms. The van der Waals surface area contributed by atoms with E-state index in [1.165, 1.54) is 17.7 Å². The van der Waals surface area contributed by atoms with Crippen LogP contribution in [0.4, 0.5) is 5.82 Å². The zero-order chi connectivity index (χ0) is 18.9. The number of hydrogen-bond donors (Lipinski definition) is 2. The molecule has 0 unspecified atom stereocenters. The summed E-state index contributed by atoms with van der Waals surface area (Å²) < 4.78 is 0. The summed E-state index contributed by atoms with van der Waals surface area (Å²) in [4.78, 5) is 16.6. The quantitative estimate of drug-likeness (QED) is 0.524. The van der Waals surface area contributed by atoms with Gasteiger partial charge in [0.15, 0.2) is 11.2 Å². The number of rotatable bonds is 2. The van der Waals surface area contributed by atoms with Gasteiger partial charge in [0.25, 0.3) is 0 Å². The number of benzene rings is 1. The molecule has 1 atom stereocenters. The van der Waals surface area contributed by atoms with Gasteiger partial charge < -0.3 is 10.8 Å². The highest BCUT2D eigenvalue weighted by atomic mass is 32.1. The normalized spacial score (nSPS) is 13.0. The molecule has 132 valence electrons. The van der Waals surface area contributed by atoms with Gasteiger partial charge in [0, 0.05) is 28.9 Å². The highest BCUT2D eigenvalue weighted by Crippen LogP contribution is 2.25. The van der Waals surface area contributed by atoms with Gasteiger partial charge in [0.2, 0.25) is 0 Å². The molecule has 0 spiro atoms. The topological polar surface area (TPSA) is 97.8 Å². The van der Waals surface area contributed by atoms with Crippen molar-refractivity contribution in [2.75, 3.05) is 5.73 Å². The molecule has 3 N–H and O–H groups in total. The molecule has 0 bridgehead atoms. The Morgan fingerprint density at radius 1 is 1.11 bits per heavy atom. The fourth-order valence-corrected chi connectivity index (χ4v) is 3.26. The largest absolute Gasteiger partial charge is 0.383 e. The molecule has 0 aliphatic heterocycles. The molecule has 1 aromatic carbocycles. The number of nitrogens with zero attached hydrogens (tertiary/aromatic N) is 4. The van der Waals surface area contributed by atoms with Crippen LogP contribution in [0.5, 0.6) is 0 Å². The second kappa shape index (κ2) is 6.76. The molecule has 0 aliphatic carbocycles. The molecule has 27 heavy (non-hydrogen) atoms. The van der Waals surface area contributed by atoms with Gasteiger partial charge in [-0.1, -0.05) is 24.0 Å². The molecule has 0 saturated heterocycles. The van der Waals surface area contributed by atoms with E-state index in [2.05, 4.69) is 31.8 Å². The molecule has 0 radical (unpaired) electrons. The number of anilines is 1. The number of nitrogen functional groups attached to an aromatic ring is 1. The van der Waals surface area contributed by atoms with Gasteiger partial charge in [-0.2, -0.15) is 0 Å². The van der Waals surface area contributed by atoms with E-state index in [0.29, 0.717) is 21.9 Å².